The van der Waals surface area contributed by atoms with Crippen molar-refractivity contribution in [1.82, 2.24) is 4.98 Å². The van der Waals surface area contributed by atoms with Crippen LogP contribution >= 0.6 is 0 Å². The zero-order valence-electron chi connectivity index (χ0n) is 19.5. The molecule has 3 N–H and O–H groups in total. The number of aliphatic hydroxyl groups is 1. The van der Waals surface area contributed by atoms with Gasteiger partial charge in [-0.15, -0.1) is 0 Å². The molecule has 0 bridgehead atoms. The zero-order chi connectivity index (χ0) is 23.8. The summed E-state index contributed by atoms with van der Waals surface area (Å²) in [6.45, 7) is 7.86. The van der Waals surface area contributed by atoms with Gasteiger partial charge in [-0.25, -0.2) is 0 Å². The lowest BCUT2D eigenvalue weighted by Crippen LogP contribution is -2.20. The Labute approximate surface area is 192 Å². The van der Waals surface area contributed by atoms with E-state index in [0.717, 1.165) is 57.4 Å². The molecular formula is C26H37N3O3. The van der Waals surface area contributed by atoms with Gasteiger partial charge in [0.1, 0.15) is 12.6 Å². The summed E-state index contributed by atoms with van der Waals surface area (Å²) in [6, 6.07) is 11.0. The van der Waals surface area contributed by atoms with Gasteiger partial charge in [0.15, 0.2) is 0 Å². The zero-order valence-corrected chi connectivity index (χ0v) is 19.5. The molecule has 1 fully saturated rings. The lowest BCUT2D eigenvalue weighted by Gasteiger charge is -2.20. The predicted octanol–water partition coefficient (Wildman–Crippen LogP) is 4.60. The number of pyridine rings is 1. The highest BCUT2D eigenvalue weighted by atomic mass is 16.2. The van der Waals surface area contributed by atoms with Gasteiger partial charge in [-0.1, -0.05) is 19.1 Å². The first kappa shape index (κ1) is 26.9. The first-order valence-electron chi connectivity index (χ1n) is 11.1. The first-order chi connectivity index (χ1) is 15.5. The standard InChI is InChI=1S/C22H28N2O.C2H5NO.C2H4O/c1-3-18(16-25)12-20-9-11-24(15-20)22-6-4-19(5-7-22)13-21-14-23-10-8-17(21)2;3-1-2-4;1-2-3/h4-8,10,14,16,18,20H,3,9,11-13,15H2,1-2H3;1-2,4H,3H2;2H,1H3/b;2-1+;. The van der Waals surface area contributed by atoms with Crippen molar-refractivity contribution in [2.45, 2.75) is 46.5 Å². The van der Waals surface area contributed by atoms with Gasteiger partial charge in [0, 0.05) is 43.3 Å². The van der Waals surface area contributed by atoms with E-state index in [1.807, 2.05) is 12.4 Å². The van der Waals surface area contributed by atoms with Gasteiger partial charge in [-0.05, 0) is 80.3 Å². The minimum absolute atomic E-state index is 0.232. The van der Waals surface area contributed by atoms with E-state index < -0.39 is 0 Å². The van der Waals surface area contributed by atoms with E-state index in [0.29, 0.717) is 5.92 Å². The van der Waals surface area contributed by atoms with Crippen molar-refractivity contribution in [3.63, 3.8) is 0 Å². The van der Waals surface area contributed by atoms with E-state index in [2.05, 4.69) is 59.8 Å². The molecule has 0 amide bonds. The maximum atomic E-state index is 11.1. The van der Waals surface area contributed by atoms with Crippen molar-refractivity contribution in [3.05, 3.63) is 71.9 Å². The van der Waals surface area contributed by atoms with Crippen molar-refractivity contribution >= 4 is 18.3 Å². The smallest absolute Gasteiger partial charge is 0.123 e. The van der Waals surface area contributed by atoms with Crippen molar-refractivity contribution in [2.24, 2.45) is 17.6 Å². The third-order valence-corrected chi connectivity index (χ3v) is 5.57. The van der Waals surface area contributed by atoms with E-state index in [1.54, 1.807) is 0 Å². The number of nitrogens with two attached hydrogens (primary N) is 1. The number of carbonyl (C=O) groups excluding carboxylic acids is 2. The van der Waals surface area contributed by atoms with Crippen LogP contribution in [0.1, 0.15) is 49.8 Å². The molecule has 32 heavy (non-hydrogen) atoms. The Bertz CT molecular complexity index is 817. The molecule has 6 heteroatoms. The number of anilines is 1. The number of benzene rings is 1. The quantitative estimate of drug-likeness (QED) is 0.483. The fraction of sp³-hybridized carbons (Fsp3) is 0.423. The van der Waals surface area contributed by atoms with Crippen LogP contribution in [0.3, 0.4) is 0 Å². The lowest BCUT2D eigenvalue weighted by atomic mass is 9.93. The van der Waals surface area contributed by atoms with Gasteiger partial charge in [0.05, 0.1) is 6.26 Å². The largest absolute Gasteiger partial charge is 0.514 e. The predicted molar refractivity (Wildman–Crippen MR) is 131 cm³/mol. The second-order valence-electron chi connectivity index (χ2n) is 7.86. The minimum Gasteiger partial charge on any atom is -0.514 e. The monoisotopic (exact) mass is 439 g/mol. The normalized spacial score (nSPS) is 15.8. The Morgan fingerprint density at radius 3 is 2.44 bits per heavy atom. The van der Waals surface area contributed by atoms with Gasteiger partial charge in [0.25, 0.3) is 0 Å². The summed E-state index contributed by atoms with van der Waals surface area (Å²) in [6.07, 6.45) is 11.7. The molecule has 6 nitrogen and oxygen atoms in total. The van der Waals surface area contributed by atoms with Crippen LogP contribution < -0.4 is 10.6 Å². The second kappa shape index (κ2) is 15.6. The molecule has 1 saturated heterocycles. The number of hydrogen-bond acceptors (Lipinski definition) is 6. The van der Waals surface area contributed by atoms with Gasteiger partial charge >= 0.3 is 0 Å². The van der Waals surface area contributed by atoms with Crippen molar-refractivity contribution < 1.29 is 14.7 Å². The molecule has 0 radical (unpaired) electrons. The minimum atomic E-state index is 0.232. The van der Waals surface area contributed by atoms with E-state index >= 15 is 0 Å². The first-order valence-corrected chi connectivity index (χ1v) is 11.1. The van der Waals surface area contributed by atoms with Crippen LogP contribution in [0.25, 0.3) is 0 Å². The number of carbonyl (C=O) groups is 2. The molecule has 0 spiro atoms. The molecule has 1 aliphatic heterocycles. The summed E-state index contributed by atoms with van der Waals surface area (Å²) >= 11 is 0. The number of rotatable bonds is 7. The highest BCUT2D eigenvalue weighted by Crippen LogP contribution is 2.28. The average molecular weight is 440 g/mol. The van der Waals surface area contributed by atoms with Crippen molar-refractivity contribution in [2.75, 3.05) is 18.0 Å². The van der Waals surface area contributed by atoms with Crippen molar-refractivity contribution in [3.8, 4) is 0 Å². The Hall–Kier alpha value is -3.15. The molecule has 2 atom stereocenters. The maximum Gasteiger partial charge on any atom is 0.123 e. The Balaban J connectivity index is 0.000000645. The summed E-state index contributed by atoms with van der Waals surface area (Å²) in [5.41, 5.74) is 9.80. The number of aldehydes is 2. The van der Waals surface area contributed by atoms with Crippen LogP contribution in [0.4, 0.5) is 5.69 Å². The van der Waals surface area contributed by atoms with Crippen LogP contribution in [0.15, 0.2) is 55.2 Å². The molecule has 0 aliphatic carbocycles. The molecule has 3 rings (SSSR count). The highest BCUT2D eigenvalue weighted by molar-refractivity contribution is 5.53. The molecule has 2 unspecified atom stereocenters. The molecule has 0 saturated carbocycles. The molecule has 2 aromatic rings. The van der Waals surface area contributed by atoms with E-state index in [-0.39, 0.29) is 5.92 Å². The van der Waals surface area contributed by atoms with Crippen LogP contribution in [0, 0.1) is 18.8 Å². The fourth-order valence-corrected chi connectivity index (χ4v) is 3.73. The molecular weight excluding hydrogens is 402 g/mol. The molecule has 1 aromatic carbocycles. The van der Waals surface area contributed by atoms with Crippen LogP contribution in [0.2, 0.25) is 0 Å². The SMILES string of the molecule is CC=O.CCC(C=O)CC1CCN(c2ccc(Cc3cnccc3C)cc2)C1.N/C=C/O. The fourth-order valence-electron chi connectivity index (χ4n) is 3.73. The summed E-state index contributed by atoms with van der Waals surface area (Å²) in [7, 11) is 0. The summed E-state index contributed by atoms with van der Waals surface area (Å²) < 4.78 is 0. The second-order valence-corrected chi connectivity index (χ2v) is 7.86. The Morgan fingerprint density at radius 1 is 1.25 bits per heavy atom. The van der Waals surface area contributed by atoms with E-state index in [1.165, 1.54) is 35.7 Å². The molecule has 1 aliphatic rings. The number of nitrogens with zero attached hydrogens (tertiary/aromatic N) is 2. The van der Waals surface area contributed by atoms with Crippen molar-refractivity contribution in [1.29, 1.82) is 0 Å². The third-order valence-electron chi connectivity index (χ3n) is 5.57. The van der Waals surface area contributed by atoms with Crippen LogP contribution in [0.5, 0.6) is 0 Å². The number of aryl methyl sites for hydroxylation is 1. The maximum absolute atomic E-state index is 11.1. The van der Waals surface area contributed by atoms with Gasteiger partial charge in [-0.3, -0.25) is 4.98 Å². The molecule has 1 aromatic heterocycles. The molecule has 2 heterocycles. The summed E-state index contributed by atoms with van der Waals surface area (Å²) in [5, 5.41) is 7.57. The van der Waals surface area contributed by atoms with Gasteiger partial charge < -0.3 is 25.3 Å². The van der Waals surface area contributed by atoms with E-state index in [9.17, 15) is 4.79 Å². The van der Waals surface area contributed by atoms with Crippen LogP contribution in [-0.2, 0) is 16.0 Å². The number of aromatic nitrogens is 1. The Morgan fingerprint density at radius 2 is 1.91 bits per heavy atom. The average Bonchev–Trinajstić information content (AvgIpc) is 3.29. The summed E-state index contributed by atoms with van der Waals surface area (Å²) in [5.74, 6) is 0.878. The topological polar surface area (TPSA) is 96.5 Å². The lowest BCUT2D eigenvalue weighted by molar-refractivity contribution is -0.111. The third kappa shape index (κ3) is 9.33. The van der Waals surface area contributed by atoms with Gasteiger partial charge in [-0.2, -0.15) is 0 Å². The van der Waals surface area contributed by atoms with Crippen LogP contribution in [-0.4, -0.2) is 35.8 Å². The highest BCUT2D eigenvalue weighted by Gasteiger charge is 2.24. The summed E-state index contributed by atoms with van der Waals surface area (Å²) in [4.78, 5) is 26.6. The van der Waals surface area contributed by atoms with E-state index in [4.69, 9.17) is 9.90 Å². The Kier molecular flexibility index (Phi) is 13.1. The number of aliphatic hydroxyl groups excluding tert-OH is 1. The van der Waals surface area contributed by atoms with Gasteiger partial charge in [0.2, 0.25) is 0 Å². The number of hydrogen-bond donors (Lipinski definition) is 2. The molecule has 174 valence electrons.